The second kappa shape index (κ2) is 7.51. The second-order valence-corrected chi connectivity index (χ2v) is 7.04. The largest absolute Gasteiger partial charge is 0.340 e. The third kappa shape index (κ3) is 3.53. The van der Waals surface area contributed by atoms with Crippen molar-refractivity contribution in [3.05, 3.63) is 52.0 Å². The molecular weight excluding hydrogens is 360 g/mol. The van der Waals surface area contributed by atoms with Crippen molar-refractivity contribution in [1.82, 2.24) is 30.1 Å². The number of fused-ring (bicyclic) bond motifs is 1. The number of hydrogen-bond acceptors (Lipinski definition) is 7. The summed E-state index contributed by atoms with van der Waals surface area (Å²) >= 11 is 0. The van der Waals surface area contributed by atoms with Crippen LogP contribution in [0.2, 0.25) is 0 Å². The molecule has 0 aliphatic carbocycles. The maximum Gasteiger partial charge on any atom is 0.272 e. The smallest absolute Gasteiger partial charge is 0.272 e. The summed E-state index contributed by atoms with van der Waals surface area (Å²) in [7, 11) is 0. The van der Waals surface area contributed by atoms with Gasteiger partial charge in [0.25, 0.3) is 5.56 Å². The molecule has 0 saturated carbocycles. The lowest BCUT2D eigenvalue weighted by atomic mass is 10.00. The van der Waals surface area contributed by atoms with E-state index in [2.05, 4.69) is 25.2 Å². The van der Waals surface area contributed by atoms with Crippen molar-refractivity contribution in [2.75, 3.05) is 26.2 Å². The summed E-state index contributed by atoms with van der Waals surface area (Å²) in [5, 5.41) is 11.9. The van der Waals surface area contributed by atoms with Gasteiger partial charge in [0.15, 0.2) is 5.82 Å². The van der Waals surface area contributed by atoms with Gasteiger partial charge in [-0.3, -0.25) is 14.5 Å². The monoisotopic (exact) mass is 382 g/mol. The average Bonchev–Trinajstić information content (AvgIpc) is 3.13. The Morgan fingerprint density at radius 2 is 1.93 bits per heavy atom. The van der Waals surface area contributed by atoms with E-state index in [4.69, 9.17) is 4.52 Å². The molecule has 0 spiro atoms. The third-order valence-corrected chi connectivity index (χ3v) is 5.12. The first-order valence-electron chi connectivity index (χ1n) is 9.30. The van der Waals surface area contributed by atoms with Crippen molar-refractivity contribution >= 4 is 16.7 Å². The van der Waals surface area contributed by atoms with Crippen LogP contribution in [0.15, 0.2) is 33.6 Å². The number of nitrogens with one attached hydrogen (secondary N) is 1. The Labute approximate surface area is 161 Å². The van der Waals surface area contributed by atoms with E-state index in [-0.39, 0.29) is 11.5 Å². The van der Waals surface area contributed by atoms with Crippen LogP contribution in [0, 0.1) is 6.92 Å². The van der Waals surface area contributed by atoms with Crippen LogP contribution in [0.25, 0.3) is 10.8 Å². The molecule has 4 rings (SSSR count). The molecule has 0 radical (unpaired) electrons. The Morgan fingerprint density at radius 1 is 1.21 bits per heavy atom. The molecule has 3 heterocycles. The highest BCUT2D eigenvalue weighted by Gasteiger charge is 2.28. The highest BCUT2D eigenvalue weighted by molar-refractivity contribution is 5.91. The average molecular weight is 382 g/mol. The maximum atomic E-state index is 13.0. The number of aromatic nitrogens is 4. The zero-order chi connectivity index (χ0) is 19.7. The van der Waals surface area contributed by atoms with E-state index in [0.29, 0.717) is 42.4 Å². The van der Waals surface area contributed by atoms with Gasteiger partial charge in [0.1, 0.15) is 0 Å². The van der Waals surface area contributed by atoms with Crippen LogP contribution in [0.1, 0.15) is 30.3 Å². The molecule has 1 fully saturated rings. The molecule has 1 atom stereocenters. The minimum absolute atomic E-state index is 0.0137. The minimum Gasteiger partial charge on any atom is -0.340 e. The van der Waals surface area contributed by atoms with Crippen LogP contribution in [-0.2, 0) is 11.3 Å². The lowest BCUT2D eigenvalue weighted by molar-refractivity contribution is -0.134. The lowest BCUT2D eigenvalue weighted by Crippen LogP contribution is -2.49. The molecule has 0 bridgehead atoms. The summed E-state index contributed by atoms with van der Waals surface area (Å²) in [5.74, 6) is 0.792. The highest BCUT2D eigenvalue weighted by Crippen LogP contribution is 2.23. The Hall–Kier alpha value is -3.07. The molecule has 28 heavy (non-hydrogen) atoms. The molecule has 2 aromatic heterocycles. The van der Waals surface area contributed by atoms with Crippen molar-refractivity contribution in [3.8, 4) is 0 Å². The highest BCUT2D eigenvalue weighted by atomic mass is 16.5. The number of carbonyl (C=O) groups is 1. The van der Waals surface area contributed by atoms with Crippen LogP contribution in [-0.4, -0.2) is 62.2 Å². The third-order valence-electron chi connectivity index (χ3n) is 5.12. The normalized spacial score (nSPS) is 16.4. The number of benzene rings is 1. The number of aryl methyl sites for hydroxylation is 1. The van der Waals surface area contributed by atoms with Crippen molar-refractivity contribution in [2.24, 2.45) is 0 Å². The van der Waals surface area contributed by atoms with Gasteiger partial charge < -0.3 is 9.42 Å². The standard InChI is InChI=1S/C19H22N6O3/c1-12(17-14-5-3-4-6-15(14)18(26)22-21-17)19(27)25-9-7-24(8-10-25)11-16-20-13(2)28-23-16/h3-6,12H,7-11H2,1-2H3,(H,22,26)/t12-/m1/s1. The Kier molecular flexibility index (Phi) is 4.91. The van der Waals surface area contributed by atoms with Gasteiger partial charge in [-0.05, 0) is 13.0 Å². The predicted molar refractivity (Wildman–Crippen MR) is 102 cm³/mol. The summed E-state index contributed by atoms with van der Waals surface area (Å²) in [5.41, 5.74) is 0.356. The molecule has 1 aliphatic rings. The van der Waals surface area contributed by atoms with Gasteiger partial charge in [-0.2, -0.15) is 10.1 Å². The van der Waals surface area contributed by atoms with Gasteiger partial charge in [0.2, 0.25) is 11.8 Å². The van der Waals surface area contributed by atoms with Gasteiger partial charge in [-0.25, -0.2) is 5.10 Å². The molecule has 0 unspecified atom stereocenters. The lowest BCUT2D eigenvalue weighted by Gasteiger charge is -2.35. The van der Waals surface area contributed by atoms with E-state index in [1.165, 1.54) is 0 Å². The number of rotatable bonds is 4. The van der Waals surface area contributed by atoms with Crippen molar-refractivity contribution in [3.63, 3.8) is 0 Å². The van der Waals surface area contributed by atoms with E-state index >= 15 is 0 Å². The van der Waals surface area contributed by atoms with E-state index in [0.717, 1.165) is 18.5 Å². The summed E-state index contributed by atoms with van der Waals surface area (Å²) < 4.78 is 5.00. The predicted octanol–water partition coefficient (Wildman–Crippen LogP) is 1.06. The number of piperazine rings is 1. The summed E-state index contributed by atoms with van der Waals surface area (Å²) in [6, 6.07) is 7.23. The van der Waals surface area contributed by atoms with Gasteiger partial charge in [0, 0.05) is 38.5 Å². The van der Waals surface area contributed by atoms with E-state index in [1.807, 2.05) is 24.0 Å². The van der Waals surface area contributed by atoms with Gasteiger partial charge in [-0.1, -0.05) is 23.4 Å². The van der Waals surface area contributed by atoms with Crippen molar-refractivity contribution < 1.29 is 9.32 Å². The molecule has 1 aliphatic heterocycles. The molecule has 9 nitrogen and oxygen atoms in total. The van der Waals surface area contributed by atoms with Crippen LogP contribution < -0.4 is 5.56 Å². The van der Waals surface area contributed by atoms with Crippen molar-refractivity contribution in [1.29, 1.82) is 0 Å². The molecular formula is C19H22N6O3. The Morgan fingerprint density at radius 3 is 2.61 bits per heavy atom. The van der Waals surface area contributed by atoms with E-state index < -0.39 is 5.92 Å². The fourth-order valence-electron chi connectivity index (χ4n) is 3.59. The zero-order valence-electron chi connectivity index (χ0n) is 15.9. The fourth-order valence-corrected chi connectivity index (χ4v) is 3.59. The van der Waals surface area contributed by atoms with Crippen LogP contribution in [0.3, 0.4) is 0 Å². The number of nitrogens with zero attached hydrogens (tertiary/aromatic N) is 5. The molecule has 146 valence electrons. The number of hydrogen-bond donors (Lipinski definition) is 1. The second-order valence-electron chi connectivity index (χ2n) is 7.04. The number of amides is 1. The van der Waals surface area contributed by atoms with Crippen LogP contribution >= 0.6 is 0 Å². The van der Waals surface area contributed by atoms with Crippen LogP contribution in [0.5, 0.6) is 0 Å². The van der Waals surface area contributed by atoms with Crippen LogP contribution in [0.4, 0.5) is 0 Å². The Balaban J connectivity index is 1.44. The first kappa shape index (κ1) is 18.3. The quantitative estimate of drug-likeness (QED) is 0.719. The number of aromatic amines is 1. The number of carbonyl (C=O) groups excluding carboxylic acids is 1. The zero-order valence-corrected chi connectivity index (χ0v) is 15.9. The van der Waals surface area contributed by atoms with Gasteiger partial charge >= 0.3 is 0 Å². The molecule has 1 N–H and O–H groups in total. The molecule has 1 saturated heterocycles. The minimum atomic E-state index is -0.437. The van der Waals surface area contributed by atoms with E-state index in [1.54, 1.807) is 19.1 Å². The SMILES string of the molecule is Cc1nc(CN2CCN(C(=O)[C@H](C)c3n[nH]c(=O)c4ccccc34)CC2)no1. The summed E-state index contributed by atoms with van der Waals surface area (Å²) in [6.07, 6.45) is 0. The van der Waals surface area contributed by atoms with E-state index in [9.17, 15) is 9.59 Å². The fraction of sp³-hybridized carbons (Fsp3) is 0.421. The van der Waals surface area contributed by atoms with Gasteiger partial charge in [0.05, 0.1) is 23.5 Å². The first-order valence-corrected chi connectivity index (χ1v) is 9.30. The van der Waals surface area contributed by atoms with Gasteiger partial charge in [-0.15, -0.1) is 0 Å². The number of H-pyrrole nitrogens is 1. The maximum absolute atomic E-state index is 13.0. The summed E-state index contributed by atoms with van der Waals surface area (Å²) in [6.45, 7) is 6.95. The Bertz CT molecular complexity index is 1050. The molecule has 3 aromatic rings. The topological polar surface area (TPSA) is 108 Å². The first-order chi connectivity index (χ1) is 13.5. The van der Waals surface area contributed by atoms with Crippen molar-refractivity contribution in [2.45, 2.75) is 26.3 Å². The molecule has 1 aromatic carbocycles. The summed E-state index contributed by atoms with van der Waals surface area (Å²) in [4.78, 5) is 33.3. The molecule has 1 amide bonds. The molecule has 9 heteroatoms.